The second-order valence-electron chi connectivity index (χ2n) is 12.1. The fourth-order valence-electron chi connectivity index (χ4n) is 4.41. The first-order valence-electron chi connectivity index (χ1n) is 12.6. The summed E-state index contributed by atoms with van der Waals surface area (Å²) in [7, 11) is 0. The molecule has 8 nitrogen and oxygen atoms in total. The van der Waals surface area contributed by atoms with E-state index in [0.29, 0.717) is 28.0 Å². The second kappa shape index (κ2) is 9.42. The van der Waals surface area contributed by atoms with E-state index < -0.39 is 23.6 Å². The van der Waals surface area contributed by atoms with Crippen molar-refractivity contribution < 1.29 is 24.2 Å². The number of carbonyl (C=O) groups excluding carboxylic acids is 2. The lowest BCUT2D eigenvalue weighted by Crippen LogP contribution is -2.50. The Morgan fingerprint density at radius 3 is 2.05 bits per heavy atom. The summed E-state index contributed by atoms with van der Waals surface area (Å²) in [6, 6.07) is 12.9. The number of nitrogens with zero attached hydrogens (tertiary/aromatic N) is 2. The van der Waals surface area contributed by atoms with Gasteiger partial charge in [0, 0.05) is 42.2 Å². The quantitative estimate of drug-likeness (QED) is 0.141. The largest absolute Gasteiger partial charge is 0.507 e. The molecule has 8 heteroatoms. The third-order valence-electron chi connectivity index (χ3n) is 6.29. The minimum atomic E-state index is -1.44. The number of para-hydroxylation sites is 1. The molecule has 1 aliphatic rings. The van der Waals surface area contributed by atoms with E-state index in [1.54, 1.807) is 12.3 Å². The van der Waals surface area contributed by atoms with E-state index in [-0.39, 0.29) is 22.4 Å². The summed E-state index contributed by atoms with van der Waals surface area (Å²) >= 11 is 0. The van der Waals surface area contributed by atoms with Gasteiger partial charge in [-0.15, -0.1) is 0 Å². The number of fused-ring (bicyclic) bond motifs is 1. The van der Waals surface area contributed by atoms with Crippen LogP contribution in [0.4, 0.5) is 11.4 Å². The number of benzene rings is 2. The molecule has 0 atom stereocenters. The Kier molecular flexibility index (Phi) is 6.72. The van der Waals surface area contributed by atoms with Crippen LogP contribution in [-0.2, 0) is 29.9 Å². The van der Waals surface area contributed by atoms with Crippen molar-refractivity contribution in [2.45, 2.75) is 72.0 Å². The van der Waals surface area contributed by atoms with Crippen LogP contribution in [-0.4, -0.2) is 33.7 Å². The summed E-state index contributed by atoms with van der Waals surface area (Å²) in [5.41, 5.74) is 2.32. The van der Waals surface area contributed by atoms with Crippen molar-refractivity contribution in [2.75, 3.05) is 5.32 Å². The molecular weight excluding hydrogens is 482 g/mol. The van der Waals surface area contributed by atoms with Crippen molar-refractivity contribution in [1.82, 2.24) is 4.98 Å². The van der Waals surface area contributed by atoms with Crippen molar-refractivity contribution >= 4 is 40.1 Å². The molecule has 200 valence electrons. The van der Waals surface area contributed by atoms with Gasteiger partial charge in [0.1, 0.15) is 11.6 Å². The molecule has 1 fully saturated rings. The van der Waals surface area contributed by atoms with E-state index in [1.165, 1.54) is 13.8 Å². The summed E-state index contributed by atoms with van der Waals surface area (Å²) < 4.78 is 10.8. The number of amidine groups is 1. The Balaban J connectivity index is 1.91. The average Bonchev–Trinajstić information content (AvgIpc) is 2.77. The SMILES string of the molecule is CC1(C)OC(=O)C(C(=Nc2cccc3cccnc23)Nc2cc(C(C)(C)C)c(O)c(C(C)(C)C)c2)C(=O)O1. The Hall–Kier alpha value is -3.94. The highest BCUT2D eigenvalue weighted by molar-refractivity contribution is 6.22. The Morgan fingerprint density at radius 2 is 1.50 bits per heavy atom. The number of phenolic OH excluding ortho intramolecular Hbond substituents is 1. The van der Waals surface area contributed by atoms with E-state index in [4.69, 9.17) is 14.5 Å². The van der Waals surface area contributed by atoms with Crippen molar-refractivity contribution in [3.8, 4) is 5.75 Å². The van der Waals surface area contributed by atoms with Crippen LogP contribution in [0.5, 0.6) is 5.75 Å². The molecule has 38 heavy (non-hydrogen) atoms. The Bertz CT molecular complexity index is 1380. The highest BCUT2D eigenvalue weighted by Gasteiger charge is 2.46. The zero-order chi connectivity index (χ0) is 28.0. The Labute approximate surface area is 223 Å². The number of aliphatic imine (C=N–C) groups is 1. The summed E-state index contributed by atoms with van der Waals surface area (Å²) in [5, 5.41) is 15.2. The molecule has 0 spiro atoms. The fourth-order valence-corrected chi connectivity index (χ4v) is 4.41. The Morgan fingerprint density at radius 1 is 0.947 bits per heavy atom. The minimum Gasteiger partial charge on any atom is -0.507 e. The molecule has 2 aromatic carbocycles. The molecular formula is C30H35N3O5. The molecule has 4 rings (SSSR count). The first-order valence-corrected chi connectivity index (χ1v) is 12.6. The maximum Gasteiger partial charge on any atom is 0.331 e. The van der Waals surface area contributed by atoms with Gasteiger partial charge in [-0.3, -0.25) is 14.6 Å². The maximum atomic E-state index is 13.1. The van der Waals surface area contributed by atoms with Crippen molar-refractivity contribution in [3.63, 3.8) is 0 Å². The minimum absolute atomic E-state index is 0.0408. The van der Waals surface area contributed by atoms with Crippen LogP contribution in [0.1, 0.15) is 66.5 Å². The van der Waals surface area contributed by atoms with Gasteiger partial charge in [-0.25, -0.2) is 4.99 Å². The number of cyclic esters (lactones) is 2. The number of hydrogen-bond acceptors (Lipinski definition) is 7. The van der Waals surface area contributed by atoms with E-state index in [2.05, 4.69) is 10.3 Å². The molecule has 1 aliphatic heterocycles. The van der Waals surface area contributed by atoms with E-state index in [0.717, 1.165) is 5.39 Å². The van der Waals surface area contributed by atoms with Gasteiger partial charge in [-0.1, -0.05) is 59.7 Å². The van der Waals surface area contributed by atoms with E-state index >= 15 is 0 Å². The third kappa shape index (κ3) is 5.49. The number of aromatic hydroxyl groups is 1. The molecule has 2 heterocycles. The van der Waals surface area contributed by atoms with E-state index in [1.807, 2.05) is 77.9 Å². The molecule has 0 amide bonds. The first-order chi connectivity index (χ1) is 17.6. The third-order valence-corrected chi connectivity index (χ3v) is 6.29. The number of esters is 2. The van der Waals surface area contributed by atoms with Gasteiger partial charge in [0.25, 0.3) is 5.79 Å². The summed E-state index contributed by atoms with van der Waals surface area (Å²) in [6.07, 6.45) is 1.66. The van der Waals surface area contributed by atoms with Crippen molar-refractivity contribution in [1.29, 1.82) is 0 Å². The van der Waals surface area contributed by atoms with Crippen molar-refractivity contribution in [3.05, 3.63) is 59.8 Å². The van der Waals surface area contributed by atoms with Crippen LogP contribution in [0.25, 0.3) is 10.9 Å². The molecule has 0 radical (unpaired) electrons. The van der Waals surface area contributed by atoms with Gasteiger partial charge >= 0.3 is 11.9 Å². The van der Waals surface area contributed by atoms with Crippen LogP contribution in [0.3, 0.4) is 0 Å². The van der Waals surface area contributed by atoms with Crippen LogP contribution >= 0.6 is 0 Å². The smallest absolute Gasteiger partial charge is 0.331 e. The second-order valence-corrected chi connectivity index (χ2v) is 12.1. The van der Waals surface area contributed by atoms with Gasteiger partial charge in [0.05, 0.1) is 11.2 Å². The molecule has 2 N–H and O–H groups in total. The number of aromatic nitrogens is 1. The molecule has 0 aliphatic carbocycles. The van der Waals surface area contributed by atoms with Crippen LogP contribution in [0.2, 0.25) is 0 Å². The molecule has 1 saturated heterocycles. The number of anilines is 1. The summed E-state index contributed by atoms with van der Waals surface area (Å²) in [4.78, 5) is 35.4. The van der Waals surface area contributed by atoms with Gasteiger partial charge < -0.3 is 19.9 Å². The van der Waals surface area contributed by atoms with Gasteiger partial charge in [-0.05, 0) is 35.1 Å². The maximum absolute atomic E-state index is 13.1. The zero-order valence-electron chi connectivity index (χ0n) is 23.2. The van der Waals surface area contributed by atoms with Crippen LogP contribution in [0.15, 0.2) is 53.7 Å². The number of nitrogens with one attached hydrogen (secondary N) is 1. The number of phenols is 1. The number of hydrogen-bond donors (Lipinski definition) is 2. The van der Waals surface area contributed by atoms with Gasteiger partial charge in [-0.2, -0.15) is 0 Å². The summed E-state index contributed by atoms with van der Waals surface area (Å²) in [6.45, 7) is 15.0. The first kappa shape index (κ1) is 27.1. The molecule has 0 bridgehead atoms. The fraction of sp³-hybridized carbons (Fsp3) is 0.400. The lowest BCUT2D eigenvalue weighted by Gasteiger charge is -2.33. The van der Waals surface area contributed by atoms with Crippen molar-refractivity contribution in [2.24, 2.45) is 10.9 Å². The molecule has 0 saturated carbocycles. The molecule has 1 aromatic heterocycles. The topological polar surface area (TPSA) is 110 Å². The predicted octanol–water partition coefficient (Wildman–Crippen LogP) is 6.13. The lowest BCUT2D eigenvalue weighted by atomic mass is 9.79. The van der Waals surface area contributed by atoms with Gasteiger partial charge in [0.15, 0.2) is 0 Å². The van der Waals surface area contributed by atoms with Crippen LogP contribution < -0.4 is 5.32 Å². The predicted molar refractivity (Wildman–Crippen MR) is 148 cm³/mol. The highest BCUT2D eigenvalue weighted by atomic mass is 16.7. The average molecular weight is 518 g/mol. The standard InChI is InChI=1S/C30H35N3O5/c1-28(2,3)19-15-18(16-20(24(19)34)29(4,5)6)32-25(22-26(35)37-30(7,8)38-27(22)36)33-21-13-9-11-17-12-10-14-31-23(17)21/h9-16,22,34H,1-8H3,(H,32,33). The van der Waals surface area contributed by atoms with Crippen LogP contribution in [0, 0.1) is 5.92 Å². The van der Waals surface area contributed by atoms with Gasteiger partial charge in [0.2, 0.25) is 5.92 Å². The zero-order valence-corrected chi connectivity index (χ0v) is 23.2. The monoisotopic (exact) mass is 517 g/mol. The molecule has 3 aromatic rings. The number of ether oxygens (including phenoxy) is 2. The number of rotatable bonds is 3. The normalized spacial score (nSPS) is 16.8. The molecule has 0 unspecified atom stereocenters. The highest BCUT2D eigenvalue weighted by Crippen LogP contribution is 2.41. The summed E-state index contributed by atoms with van der Waals surface area (Å²) in [5.74, 6) is -4.10. The number of pyridine rings is 1. The van der Waals surface area contributed by atoms with E-state index in [9.17, 15) is 14.7 Å². The lowest BCUT2D eigenvalue weighted by molar-refractivity contribution is -0.235. The number of carbonyl (C=O) groups is 2.